The number of nitrogens with one attached hydrogen (secondary N) is 1. The SMILES string of the molecule is COc1cccc(C(=O)NCCc2nncn2C)c1O. The Balaban J connectivity index is 1.97. The standard InChI is InChI=1S/C13H16N4O3/c1-17-8-15-16-11(17)6-7-14-13(19)9-4-3-5-10(20-2)12(9)18/h3-5,8,18H,6-7H2,1-2H3,(H,14,19). The molecule has 2 aromatic rings. The van der Waals surface area contributed by atoms with E-state index >= 15 is 0 Å². The Morgan fingerprint density at radius 1 is 1.50 bits per heavy atom. The number of carbonyl (C=O) groups is 1. The first-order chi connectivity index (χ1) is 9.63. The van der Waals surface area contributed by atoms with Crippen LogP contribution < -0.4 is 10.1 Å². The number of aryl methyl sites for hydroxylation is 1. The Hall–Kier alpha value is -2.57. The van der Waals surface area contributed by atoms with Crippen molar-refractivity contribution in [3.05, 3.63) is 35.9 Å². The first kappa shape index (κ1) is 13.9. The molecule has 106 valence electrons. The highest BCUT2D eigenvalue weighted by Crippen LogP contribution is 2.29. The first-order valence-corrected chi connectivity index (χ1v) is 6.10. The topological polar surface area (TPSA) is 89.3 Å². The molecular formula is C13H16N4O3. The monoisotopic (exact) mass is 276 g/mol. The summed E-state index contributed by atoms with van der Waals surface area (Å²) in [5, 5.41) is 20.3. The van der Waals surface area contributed by atoms with E-state index in [2.05, 4.69) is 15.5 Å². The van der Waals surface area contributed by atoms with E-state index in [1.54, 1.807) is 23.0 Å². The maximum atomic E-state index is 12.0. The fourth-order valence-electron chi connectivity index (χ4n) is 1.79. The average molecular weight is 276 g/mol. The molecule has 0 unspecified atom stereocenters. The lowest BCUT2D eigenvalue weighted by molar-refractivity contribution is 0.0950. The summed E-state index contributed by atoms with van der Waals surface area (Å²) in [6.07, 6.45) is 2.16. The Morgan fingerprint density at radius 2 is 2.30 bits per heavy atom. The molecule has 1 amide bonds. The molecule has 7 nitrogen and oxygen atoms in total. The number of hydrogen-bond donors (Lipinski definition) is 2. The summed E-state index contributed by atoms with van der Waals surface area (Å²) in [6, 6.07) is 4.78. The predicted octanol–water partition coefficient (Wildman–Crippen LogP) is 0.502. The minimum Gasteiger partial charge on any atom is -0.504 e. The van der Waals surface area contributed by atoms with Crippen molar-refractivity contribution in [2.24, 2.45) is 7.05 Å². The molecule has 0 atom stereocenters. The zero-order valence-corrected chi connectivity index (χ0v) is 11.3. The molecule has 7 heteroatoms. The Kier molecular flexibility index (Phi) is 4.19. The van der Waals surface area contributed by atoms with Gasteiger partial charge in [0, 0.05) is 20.0 Å². The maximum absolute atomic E-state index is 12.0. The number of methoxy groups -OCH3 is 1. The number of benzene rings is 1. The van der Waals surface area contributed by atoms with Crippen LogP contribution in [0.25, 0.3) is 0 Å². The third-order valence-corrected chi connectivity index (χ3v) is 2.90. The van der Waals surface area contributed by atoms with E-state index in [0.717, 1.165) is 5.82 Å². The molecule has 0 saturated heterocycles. The van der Waals surface area contributed by atoms with Gasteiger partial charge in [0.15, 0.2) is 11.5 Å². The van der Waals surface area contributed by atoms with Gasteiger partial charge >= 0.3 is 0 Å². The fraction of sp³-hybridized carbons (Fsp3) is 0.308. The van der Waals surface area contributed by atoms with Gasteiger partial charge in [-0.25, -0.2) is 0 Å². The number of phenols is 1. The van der Waals surface area contributed by atoms with Crippen LogP contribution in [0.2, 0.25) is 0 Å². The van der Waals surface area contributed by atoms with Gasteiger partial charge in [-0.1, -0.05) is 6.07 Å². The molecule has 0 saturated carbocycles. The van der Waals surface area contributed by atoms with Crippen molar-refractivity contribution in [3.63, 3.8) is 0 Å². The number of hydrogen-bond acceptors (Lipinski definition) is 5. The van der Waals surface area contributed by atoms with Crippen molar-refractivity contribution >= 4 is 5.91 Å². The zero-order valence-electron chi connectivity index (χ0n) is 11.3. The lowest BCUT2D eigenvalue weighted by Crippen LogP contribution is -2.26. The van der Waals surface area contributed by atoms with Gasteiger partial charge in [-0.3, -0.25) is 4.79 Å². The Morgan fingerprint density at radius 3 is 2.95 bits per heavy atom. The smallest absolute Gasteiger partial charge is 0.255 e. The summed E-state index contributed by atoms with van der Waals surface area (Å²) < 4.78 is 6.75. The van der Waals surface area contributed by atoms with Crippen molar-refractivity contribution < 1.29 is 14.6 Å². The molecule has 0 spiro atoms. The van der Waals surface area contributed by atoms with Crippen molar-refractivity contribution in [2.75, 3.05) is 13.7 Å². The van der Waals surface area contributed by atoms with Crippen LogP contribution in [0.1, 0.15) is 16.2 Å². The number of amides is 1. The lowest BCUT2D eigenvalue weighted by atomic mass is 10.1. The minimum atomic E-state index is -0.358. The molecule has 0 aliphatic carbocycles. The molecular weight excluding hydrogens is 260 g/mol. The van der Waals surface area contributed by atoms with E-state index in [1.807, 2.05) is 7.05 Å². The van der Waals surface area contributed by atoms with E-state index in [9.17, 15) is 9.90 Å². The van der Waals surface area contributed by atoms with Gasteiger partial charge in [0.1, 0.15) is 12.2 Å². The maximum Gasteiger partial charge on any atom is 0.255 e. The lowest BCUT2D eigenvalue weighted by Gasteiger charge is -2.09. The van der Waals surface area contributed by atoms with Crippen molar-refractivity contribution in [2.45, 2.75) is 6.42 Å². The highest BCUT2D eigenvalue weighted by Gasteiger charge is 2.14. The molecule has 0 bridgehead atoms. The third-order valence-electron chi connectivity index (χ3n) is 2.90. The molecule has 0 fully saturated rings. The van der Waals surface area contributed by atoms with E-state index in [1.165, 1.54) is 13.2 Å². The number of aromatic hydroxyl groups is 1. The van der Waals surface area contributed by atoms with Crippen molar-refractivity contribution in [1.29, 1.82) is 0 Å². The second kappa shape index (κ2) is 6.05. The molecule has 1 aromatic carbocycles. The second-order valence-corrected chi connectivity index (χ2v) is 4.22. The number of rotatable bonds is 5. The second-order valence-electron chi connectivity index (χ2n) is 4.22. The molecule has 2 N–H and O–H groups in total. The quantitative estimate of drug-likeness (QED) is 0.830. The zero-order chi connectivity index (χ0) is 14.5. The van der Waals surface area contributed by atoms with Crippen LogP contribution in [0.3, 0.4) is 0 Å². The first-order valence-electron chi connectivity index (χ1n) is 6.10. The van der Waals surface area contributed by atoms with E-state index < -0.39 is 0 Å². The van der Waals surface area contributed by atoms with Crippen LogP contribution in [0, 0.1) is 0 Å². The van der Waals surface area contributed by atoms with Gasteiger partial charge in [0.25, 0.3) is 5.91 Å². The fourth-order valence-corrected chi connectivity index (χ4v) is 1.79. The number of aromatic nitrogens is 3. The number of ether oxygens (including phenoxy) is 1. The Labute approximate surface area is 116 Å². The summed E-state index contributed by atoms with van der Waals surface area (Å²) in [5.74, 6) is 0.529. The largest absolute Gasteiger partial charge is 0.504 e. The predicted molar refractivity (Wildman–Crippen MR) is 71.7 cm³/mol. The summed E-state index contributed by atoms with van der Waals surface area (Å²) in [6.45, 7) is 0.405. The highest BCUT2D eigenvalue weighted by molar-refractivity contribution is 5.97. The molecule has 20 heavy (non-hydrogen) atoms. The van der Waals surface area contributed by atoms with Crippen LogP contribution in [0.5, 0.6) is 11.5 Å². The van der Waals surface area contributed by atoms with Gasteiger partial charge < -0.3 is 19.7 Å². The number of carbonyl (C=O) groups excluding carboxylic acids is 1. The molecule has 1 heterocycles. The Bertz CT molecular complexity index is 609. The molecule has 0 radical (unpaired) electrons. The van der Waals surface area contributed by atoms with E-state index in [-0.39, 0.29) is 23.0 Å². The van der Waals surface area contributed by atoms with Gasteiger partial charge in [-0.15, -0.1) is 10.2 Å². The van der Waals surface area contributed by atoms with Gasteiger partial charge in [-0.2, -0.15) is 0 Å². The summed E-state index contributed by atoms with van der Waals surface area (Å²) in [4.78, 5) is 12.0. The minimum absolute atomic E-state index is 0.161. The van der Waals surface area contributed by atoms with Crippen LogP contribution in [-0.4, -0.2) is 39.4 Å². The molecule has 1 aromatic heterocycles. The third kappa shape index (κ3) is 2.87. The summed E-state index contributed by atoms with van der Waals surface area (Å²) in [7, 11) is 3.27. The van der Waals surface area contributed by atoms with Crippen molar-refractivity contribution in [3.8, 4) is 11.5 Å². The van der Waals surface area contributed by atoms with E-state index in [0.29, 0.717) is 13.0 Å². The molecule has 0 aliphatic rings. The van der Waals surface area contributed by atoms with Crippen molar-refractivity contribution in [1.82, 2.24) is 20.1 Å². The van der Waals surface area contributed by atoms with E-state index in [4.69, 9.17) is 4.74 Å². The summed E-state index contributed by atoms with van der Waals surface area (Å²) >= 11 is 0. The summed E-state index contributed by atoms with van der Waals surface area (Å²) in [5.41, 5.74) is 0.183. The van der Waals surface area contributed by atoms with Crippen LogP contribution >= 0.6 is 0 Å². The molecule has 0 aliphatic heterocycles. The van der Waals surface area contributed by atoms with Crippen LogP contribution in [0.4, 0.5) is 0 Å². The number of para-hydroxylation sites is 1. The van der Waals surface area contributed by atoms with Gasteiger partial charge in [-0.05, 0) is 12.1 Å². The van der Waals surface area contributed by atoms with Gasteiger partial charge in [0.05, 0.1) is 12.7 Å². The average Bonchev–Trinajstić information content (AvgIpc) is 2.84. The normalized spacial score (nSPS) is 10.3. The number of nitrogens with zero attached hydrogens (tertiary/aromatic N) is 3. The molecule has 2 rings (SSSR count). The number of phenolic OH excluding ortho intramolecular Hbond substituents is 1. The van der Waals surface area contributed by atoms with Crippen LogP contribution in [-0.2, 0) is 13.5 Å². The highest BCUT2D eigenvalue weighted by atomic mass is 16.5. The van der Waals surface area contributed by atoms with Gasteiger partial charge in [0.2, 0.25) is 0 Å². The van der Waals surface area contributed by atoms with Crippen LogP contribution in [0.15, 0.2) is 24.5 Å².